The summed E-state index contributed by atoms with van der Waals surface area (Å²) in [6.07, 6.45) is 2.96. The van der Waals surface area contributed by atoms with Crippen molar-refractivity contribution in [1.82, 2.24) is 30.2 Å². The molecule has 10 heteroatoms. The molecule has 1 aliphatic rings. The first kappa shape index (κ1) is 19.6. The van der Waals surface area contributed by atoms with E-state index in [1.54, 1.807) is 24.3 Å². The molecule has 1 fully saturated rings. The normalized spacial score (nSPS) is 13.8. The van der Waals surface area contributed by atoms with Crippen LogP contribution in [0.4, 0.5) is 17.3 Å². The van der Waals surface area contributed by atoms with Crippen LogP contribution in [0.15, 0.2) is 73.3 Å². The third-order valence-corrected chi connectivity index (χ3v) is 5.34. The van der Waals surface area contributed by atoms with Gasteiger partial charge in [0.15, 0.2) is 0 Å². The fraction of sp³-hybridized carbons (Fsp3) is 0.182. The van der Waals surface area contributed by atoms with Gasteiger partial charge in [-0.3, -0.25) is 4.79 Å². The minimum absolute atomic E-state index is 0.265. The molecule has 0 atom stereocenters. The molecule has 2 aromatic heterocycles. The van der Waals surface area contributed by atoms with Crippen LogP contribution in [0.2, 0.25) is 0 Å². The third-order valence-electron chi connectivity index (χ3n) is 5.34. The molecule has 3 heterocycles. The van der Waals surface area contributed by atoms with Crippen molar-refractivity contribution < 1.29 is 4.79 Å². The van der Waals surface area contributed by atoms with E-state index in [9.17, 15) is 4.79 Å². The predicted molar refractivity (Wildman–Crippen MR) is 120 cm³/mol. The lowest BCUT2D eigenvalue weighted by molar-refractivity contribution is 0.102. The Morgan fingerprint density at radius 2 is 1.62 bits per heavy atom. The van der Waals surface area contributed by atoms with Crippen LogP contribution in [0, 0.1) is 0 Å². The summed E-state index contributed by atoms with van der Waals surface area (Å²) in [7, 11) is 0. The highest BCUT2D eigenvalue weighted by Gasteiger charge is 2.19. The van der Waals surface area contributed by atoms with Gasteiger partial charge >= 0.3 is 0 Å². The van der Waals surface area contributed by atoms with Crippen LogP contribution in [0.3, 0.4) is 0 Å². The first-order valence-corrected chi connectivity index (χ1v) is 10.3. The van der Waals surface area contributed by atoms with E-state index in [2.05, 4.69) is 64.9 Å². The smallest absolute Gasteiger partial charge is 0.256 e. The number of para-hydroxylation sites is 1. The molecule has 0 bridgehead atoms. The molecule has 4 aromatic rings. The number of piperazine rings is 1. The summed E-state index contributed by atoms with van der Waals surface area (Å²) in [6.45, 7) is 3.49. The molecule has 1 amide bonds. The average Bonchev–Trinajstić information content (AvgIpc) is 3.40. The van der Waals surface area contributed by atoms with Crippen molar-refractivity contribution in [3.63, 3.8) is 0 Å². The summed E-state index contributed by atoms with van der Waals surface area (Å²) in [5.74, 6) is 0.988. The average molecular weight is 427 g/mol. The second-order valence-corrected chi connectivity index (χ2v) is 7.33. The molecule has 0 saturated carbocycles. The highest BCUT2D eigenvalue weighted by molar-refractivity contribution is 6.04. The van der Waals surface area contributed by atoms with Gasteiger partial charge in [0.1, 0.15) is 24.3 Å². The number of nitrogens with one attached hydrogen (secondary N) is 1. The van der Waals surface area contributed by atoms with Crippen molar-refractivity contribution in [2.75, 3.05) is 41.3 Å². The second-order valence-electron chi connectivity index (χ2n) is 7.33. The van der Waals surface area contributed by atoms with Gasteiger partial charge in [0, 0.05) is 43.5 Å². The summed E-state index contributed by atoms with van der Waals surface area (Å²) in [5.41, 5.74) is 2.41. The Morgan fingerprint density at radius 1 is 0.844 bits per heavy atom. The van der Waals surface area contributed by atoms with Gasteiger partial charge < -0.3 is 15.1 Å². The molecule has 0 unspecified atom stereocenters. The summed E-state index contributed by atoms with van der Waals surface area (Å²) >= 11 is 0. The Hall–Kier alpha value is -4.34. The van der Waals surface area contributed by atoms with Crippen molar-refractivity contribution in [3.8, 4) is 5.69 Å². The molecule has 1 saturated heterocycles. The second kappa shape index (κ2) is 8.80. The van der Waals surface area contributed by atoms with Crippen LogP contribution < -0.4 is 15.1 Å². The quantitative estimate of drug-likeness (QED) is 0.516. The summed E-state index contributed by atoms with van der Waals surface area (Å²) in [6, 6.07) is 19.3. The van der Waals surface area contributed by atoms with E-state index in [1.807, 2.05) is 12.1 Å². The van der Waals surface area contributed by atoms with Crippen molar-refractivity contribution in [2.24, 2.45) is 0 Å². The van der Waals surface area contributed by atoms with Gasteiger partial charge in [-0.15, -0.1) is 5.10 Å². The maximum absolute atomic E-state index is 12.8. The van der Waals surface area contributed by atoms with E-state index in [-0.39, 0.29) is 5.91 Å². The molecule has 1 N–H and O–H groups in total. The Balaban J connectivity index is 1.25. The molecule has 1 aliphatic heterocycles. The van der Waals surface area contributed by atoms with Crippen LogP contribution in [0.1, 0.15) is 10.4 Å². The minimum atomic E-state index is -0.265. The highest BCUT2D eigenvalue weighted by Crippen LogP contribution is 2.20. The lowest BCUT2D eigenvalue weighted by atomic mass is 10.2. The van der Waals surface area contributed by atoms with Crippen molar-refractivity contribution in [3.05, 3.63) is 78.9 Å². The van der Waals surface area contributed by atoms with E-state index in [0.717, 1.165) is 32.0 Å². The first-order valence-electron chi connectivity index (χ1n) is 10.3. The predicted octanol–water partition coefficient (Wildman–Crippen LogP) is 2.03. The number of nitrogens with zero attached hydrogens (tertiary/aromatic N) is 8. The number of rotatable bonds is 5. The lowest BCUT2D eigenvalue weighted by Gasteiger charge is -2.36. The fourth-order valence-electron chi connectivity index (χ4n) is 3.68. The number of hydrogen-bond acceptors (Lipinski definition) is 8. The van der Waals surface area contributed by atoms with E-state index < -0.39 is 0 Å². The van der Waals surface area contributed by atoms with Crippen LogP contribution in [0.5, 0.6) is 0 Å². The zero-order valence-corrected chi connectivity index (χ0v) is 17.2. The SMILES string of the molecule is O=C(Nc1cc(N2CCN(c3ccccc3)CC2)ncn1)c1cccc(-n2cnnn2)c1. The molecule has 0 spiro atoms. The molecule has 10 nitrogen and oxygen atoms in total. The van der Waals surface area contributed by atoms with Crippen LogP contribution >= 0.6 is 0 Å². The number of tetrazole rings is 1. The van der Waals surface area contributed by atoms with Crippen LogP contribution in [-0.4, -0.2) is 62.3 Å². The van der Waals surface area contributed by atoms with Gasteiger partial charge in [-0.05, 0) is 40.8 Å². The van der Waals surface area contributed by atoms with Crippen molar-refractivity contribution >= 4 is 23.2 Å². The van der Waals surface area contributed by atoms with Gasteiger partial charge in [0.25, 0.3) is 5.91 Å². The summed E-state index contributed by atoms with van der Waals surface area (Å²) in [5, 5.41) is 14.0. The Kier molecular flexibility index (Phi) is 5.39. The zero-order chi connectivity index (χ0) is 21.8. The summed E-state index contributed by atoms with van der Waals surface area (Å²) < 4.78 is 1.49. The zero-order valence-electron chi connectivity index (χ0n) is 17.2. The highest BCUT2D eigenvalue weighted by atomic mass is 16.1. The Bertz CT molecular complexity index is 1190. The standard InChI is InChI=1S/C22H21N9O/c32-22(17-5-4-8-19(13-17)31-16-25-27-28-31)26-20-14-21(24-15-23-20)30-11-9-29(10-12-30)18-6-2-1-3-7-18/h1-8,13-16H,9-12H2,(H,23,24,26,32). The largest absolute Gasteiger partial charge is 0.368 e. The van der Waals surface area contributed by atoms with Gasteiger partial charge in [0.05, 0.1) is 5.69 Å². The lowest BCUT2D eigenvalue weighted by Crippen LogP contribution is -2.46. The van der Waals surface area contributed by atoms with E-state index in [1.165, 1.54) is 23.0 Å². The Labute approximate surface area is 184 Å². The van der Waals surface area contributed by atoms with Gasteiger partial charge in [-0.1, -0.05) is 24.3 Å². The monoisotopic (exact) mass is 427 g/mol. The third kappa shape index (κ3) is 4.24. The fourth-order valence-corrected chi connectivity index (χ4v) is 3.68. The number of anilines is 3. The summed E-state index contributed by atoms with van der Waals surface area (Å²) in [4.78, 5) is 26.0. The van der Waals surface area contributed by atoms with Gasteiger partial charge in [-0.25, -0.2) is 14.6 Å². The van der Waals surface area contributed by atoms with Crippen molar-refractivity contribution in [1.29, 1.82) is 0 Å². The molecule has 5 rings (SSSR count). The number of carbonyl (C=O) groups is 1. The van der Waals surface area contributed by atoms with Crippen molar-refractivity contribution in [2.45, 2.75) is 0 Å². The van der Waals surface area contributed by atoms with Gasteiger partial charge in [0.2, 0.25) is 0 Å². The molecule has 0 aliphatic carbocycles. The molecule has 32 heavy (non-hydrogen) atoms. The molecule has 160 valence electrons. The topological polar surface area (TPSA) is 105 Å². The number of amides is 1. The molecular weight excluding hydrogens is 406 g/mol. The minimum Gasteiger partial charge on any atom is -0.368 e. The first-order chi connectivity index (χ1) is 15.8. The van der Waals surface area contributed by atoms with E-state index in [4.69, 9.17) is 0 Å². The number of carbonyl (C=O) groups excluding carboxylic acids is 1. The molecular formula is C22H21N9O. The number of aromatic nitrogens is 6. The van der Waals surface area contributed by atoms with Crippen LogP contribution in [-0.2, 0) is 0 Å². The molecule has 2 aromatic carbocycles. The van der Waals surface area contributed by atoms with Gasteiger partial charge in [-0.2, -0.15) is 0 Å². The molecule has 0 radical (unpaired) electrons. The van der Waals surface area contributed by atoms with E-state index in [0.29, 0.717) is 17.1 Å². The van der Waals surface area contributed by atoms with E-state index >= 15 is 0 Å². The number of hydrogen-bond donors (Lipinski definition) is 1. The maximum atomic E-state index is 12.8. The Morgan fingerprint density at radius 3 is 2.41 bits per heavy atom. The maximum Gasteiger partial charge on any atom is 0.256 e. The van der Waals surface area contributed by atoms with Crippen LogP contribution in [0.25, 0.3) is 5.69 Å². The number of benzene rings is 2.